The monoisotopic (exact) mass is 239 g/mol. The quantitative estimate of drug-likeness (QED) is 0.801. The van der Waals surface area contributed by atoms with E-state index in [-0.39, 0.29) is 17.3 Å². The second-order valence-corrected chi connectivity index (χ2v) is 4.74. The third kappa shape index (κ3) is 3.26. The molecule has 16 heavy (non-hydrogen) atoms. The summed E-state index contributed by atoms with van der Waals surface area (Å²) in [5.41, 5.74) is 0.804. The standard InChI is InChI=1S/C11H13NO3S/c1-3-4-7-15-10-6-5-9(2)8-11(10)16(12,13)14/h5-6,8H,7H2,1-2H3,(H2,12,13,14). The van der Waals surface area contributed by atoms with E-state index in [9.17, 15) is 8.42 Å². The minimum Gasteiger partial charge on any atom is -0.480 e. The topological polar surface area (TPSA) is 69.4 Å². The molecule has 0 aliphatic rings. The fourth-order valence-corrected chi connectivity index (χ4v) is 1.90. The Morgan fingerprint density at radius 2 is 2.12 bits per heavy atom. The molecule has 0 saturated heterocycles. The lowest BCUT2D eigenvalue weighted by molar-refractivity contribution is 0.360. The zero-order chi connectivity index (χ0) is 12.2. The summed E-state index contributed by atoms with van der Waals surface area (Å²) >= 11 is 0. The average molecular weight is 239 g/mol. The molecule has 0 spiro atoms. The Morgan fingerprint density at radius 3 is 2.69 bits per heavy atom. The number of nitrogens with two attached hydrogens (primary N) is 1. The van der Waals surface area contributed by atoms with Crippen LogP contribution < -0.4 is 9.88 Å². The van der Waals surface area contributed by atoms with Gasteiger partial charge in [0.15, 0.2) is 0 Å². The highest BCUT2D eigenvalue weighted by molar-refractivity contribution is 7.89. The van der Waals surface area contributed by atoms with E-state index in [2.05, 4.69) is 11.8 Å². The summed E-state index contributed by atoms with van der Waals surface area (Å²) in [7, 11) is -3.77. The summed E-state index contributed by atoms with van der Waals surface area (Å²) in [4.78, 5) is -0.00889. The highest BCUT2D eigenvalue weighted by Crippen LogP contribution is 2.23. The van der Waals surface area contributed by atoms with E-state index in [1.54, 1.807) is 26.0 Å². The molecular weight excluding hydrogens is 226 g/mol. The van der Waals surface area contributed by atoms with Gasteiger partial charge in [-0.15, -0.1) is 5.92 Å². The first-order chi connectivity index (χ1) is 7.45. The Labute approximate surface area is 95.5 Å². The SMILES string of the molecule is CC#CCOc1ccc(C)cc1S(N)(=O)=O. The maximum absolute atomic E-state index is 11.3. The van der Waals surface area contributed by atoms with E-state index in [4.69, 9.17) is 9.88 Å². The molecule has 0 amide bonds. The maximum Gasteiger partial charge on any atom is 0.241 e. The molecule has 5 heteroatoms. The van der Waals surface area contributed by atoms with Crippen LogP contribution in [0.2, 0.25) is 0 Å². The molecule has 0 aromatic heterocycles. The van der Waals surface area contributed by atoms with Crippen molar-refractivity contribution in [3.8, 4) is 17.6 Å². The highest BCUT2D eigenvalue weighted by Gasteiger charge is 2.14. The molecule has 1 aromatic carbocycles. The van der Waals surface area contributed by atoms with E-state index >= 15 is 0 Å². The predicted molar refractivity (Wildman–Crippen MR) is 61.5 cm³/mol. The van der Waals surface area contributed by atoms with Gasteiger partial charge in [0.05, 0.1) is 0 Å². The third-order valence-corrected chi connectivity index (χ3v) is 2.81. The first kappa shape index (κ1) is 12.6. The van der Waals surface area contributed by atoms with E-state index < -0.39 is 10.0 Å². The normalized spacial score (nSPS) is 10.4. The number of hydrogen-bond donors (Lipinski definition) is 1. The summed E-state index contributed by atoms with van der Waals surface area (Å²) in [6.45, 7) is 3.60. The van der Waals surface area contributed by atoms with Gasteiger partial charge in [0.25, 0.3) is 0 Å². The molecule has 86 valence electrons. The molecule has 0 atom stereocenters. The molecule has 0 aliphatic carbocycles. The number of aryl methyl sites for hydroxylation is 1. The maximum atomic E-state index is 11.3. The van der Waals surface area contributed by atoms with Gasteiger partial charge in [0.2, 0.25) is 10.0 Å². The Kier molecular flexibility index (Phi) is 3.93. The van der Waals surface area contributed by atoms with Crippen LogP contribution in [0, 0.1) is 18.8 Å². The van der Waals surface area contributed by atoms with Crippen LogP contribution in [0.3, 0.4) is 0 Å². The van der Waals surface area contributed by atoms with Gasteiger partial charge >= 0.3 is 0 Å². The van der Waals surface area contributed by atoms with Crippen molar-refractivity contribution in [1.29, 1.82) is 0 Å². The number of primary sulfonamides is 1. The van der Waals surface area contributed by atoms with Gasteiger partial charge in [-0.1, -0.05) is 12.0 Å². The Balaban J connectivity index is 3.12. The van der Waals surface area contributed by atoms with Crippen molar-refractivity contribution in [2.45, 2.75) is 18.7 Å². The van der Waals surface area contributed by atoms with Gasteiger partial charge in [0.1, 0.15) is 17.3 Å². The Bertz CT molecular complexity index is 538. The zero-order valence-corrected chi connectivity index (χ0v) is 9.97. The second-order valence-electron chi connectivity index (χ2n) is 3.21. The third-order valence-electron chi connectivity index (χ3n) is 1.88. The lowest BCUT2D eigenvalue weighted by Gasteiger charge is -2.08. The Hall–Kier alpha value is -1.51. The van der Waals surface area contributed by atoms with E-state index in [1.165, 1.54) is 6.07 Å². The van der Waals surface area contributed by atoms with Crippen LogP contribution in [0.15, 0.2) is 23.1 Å². The minimum atomic E-state index is -3.77. The molecule has 4 nitrogen and oxygen atoms in total. The number of sulfonamides is 1. The van der Waals surface area contributed by atoms with Gasteiger partial charge in [-0.2, -0.15) is 0 Å². The molecule has 0 heterocycles. The molecular formula is C11H13NO3S. The van der Waals surface area contributed by atoms with Crippen molar-refractivity contribution >= 4 is 10.0 Å². The first-order valence-corrected chi connectivity index (χ1v) is 6.15. The first-order valence-electron chi connectivity index (χ1n) is 4.61. The van der Waals surface area contributed by atoms with Crippen LogP contribution in [0.4, 0.5) is 0 Å². The van der Waals surface area contributed by atoms with E-state index in [1.807, 2.05) is 0 Å². The lowest BCUT2D eigenvalue weighted by atomic mass is 10.2. The molecule has 0 aliphatic heterocycles. The molecule has 1 rings (SSSR count). The van der Waals surface area contributed by atoms with E-state index in [0.29, 0.717) is 0 Å². The van der Waals surface area contributed by atoms with Crippen LogP contribution in [0.5, 0.6) is 5.75 Å². The second kappa shape index (κ2) is 5.01. The summed E-state index contributed by atoms with van der Waals surface area (Å²) < 4.78 is 27.8. The number of benzene rings is 1. The Morgan fingerprint density at radius 1 is 1.44 bits per heavy atom. The fourth-order valence-electron chi connectivity index (χ4n) is 1.14. The van der Waals surface area contributed by atoms with Crippen LogP contribution in [0.25, 0.3) is 0 Å². The van der Waals surface area contributed by atoms with Crippen molar-refractivity contribution in [3.05, 3.63) is 23.8 Å². The van der Waals surface area contributed by atoms with E-state index in [0.717, 1.165) is 5.56 Å². The van der Waals surface area contributed by atoms with Crippen molar-refractivity contribution < 1.29 is 13.2 Å². The fraction of sp³-hybridized carbons (Fsp3) is 0.273. The number of rotatable bonds is 3. The van der Waals surface area contributed by atoms with Crippen molar-refractivity contribution in [3.63, 3.8) is 0 Å². The van der Waals surface area contributed by atoms with Crippen LogP contribution in [-0.2, 0) is 10.0 Å². The smallest absolute Gasteiger partial charge is 0.241 e. The van der Waals surface area contributed by atoms with Crippen LogP contribution >= 0.6 is 0 Å². The molecule has 0 fully saturated rings. The highest BCUT2D eigenvalue weighted by atomic mass is 32.2. The summed E-state index contributed by atoms with van der Waals surface area (Å²) in [6, 6.07) is 4.81. The van der Waals surface area contributed by atoms with Crippen molar-refractivity contribution in [2.24, 2.45) is 5.14 Å². The summed E-state index contributed by atoms with van der Waals surface area (Å²) in [5, 5.41) is 5.09. The van der Waals surface area contributed by atoms with Gasteiger partial charge in [-0.3, -0.25) is 0 Å². The number of ether oxygens (including phenoxy) is 1. The molecule has 0 radical (unpaired) electrons. The molecule has 2 N–H and O–H groups in total. The molecule has 1 aromatic rings. The average Bonchev–Trinajstić information content (AvgIpc) is 2.19. The minimum absolute atomic E-state index is 0.00889. The van der Waals surface area contributed by atoms with Gasteiger partial charge in [-0.05, 0) is 31.5 Å². The zero-order valence-electron chi connectivity index (χ0n) is 9.15. The molecule has 0 unspecified atom stereocenters. The lowest BCUT2D eigenvalue weighted by Crippen LogP contribution is -2.14. The van der Waals surface area contributed by atoms with Crippen molar-refractivity contribution in [1.82, 2.24) is 0 Å². The predicted octanol–water partition coefficient (Wildman–Crippen LogP) is 1.04. The summed E-state index contributed by atoms with van der Waals surface area (Å²) in [5.74, 6) is 5.57. The van der Waals surface area contributed by atoms with Gasteiger partial charge in [0, 0.05) is 0 Å². The summed E-state index contributed by atoms with van der Waals surface area (Å²) in [6.07, 6.45) is 0. The van der Waals surface area contributed by atoms with Crippen LogP contribution in [0.1, 0.15) is 12.5 Å². The van der Waals surface area contributed by atoms with Crippen molar-refractivity contribution in [2.75, 3.05) is 6.61 Å². The number of hydrogen-bond acceptors (Lipinski definition) is 3. The molecule has 0 saturated carbocycles. The van der Waals surface area contributed by atoms with Crippen LogP contribution in [-0.4, -0.2) is 15.0 Å². The largest absolute Gasteiger partial charge is 0.480 e. The molecule has 0 bridgehead atoms. The van der Waals surface area contributed by atoms with Gasteiger partial charge in [-0.25, -0.2) is 13.6 Å². The van der Waals surface area contributed by atoms with Gasteiger partial charge < -0.3 is 4.74 Å².